The van der Waals surface area contributed by atoms with Gasteiger partial charge in [0.2, 0.25) is 0 Å². The van der Waals surface area contributed by atoms with Gasteiger partial charge < -0.3 is 15.2 Å². The Kier molecular flexibility index (Phi) is 7.49. The molecule has 3 N–H and O–H groups in total. The number of aromatic nitrogens is 1. The van der Waals surface area contributed by atoms with E-state index in [1.807, 2.05) is 6.92 Å². The Morgan fingerprint density at radius 3 is 2.19 bits per heavy atom. The van der Waals surface area contributed by atoms with Crippen LogP contribution in [-0.2, 0) is 16.6 Å². The van der Waals surface area contributed by atoms with Gasteiger partial charge in [0, 0.05) is 24.5 Å². The van der Waals surface area contributed by atoms with E-state index in [4.69, 9.17) is 4.74 Å². The van der Waals surface area contributed by atoms with Crippen LogP contribution in [0.15, 0.2) is 96.2 Å². The molecule has 1 aromatic heterocycles. The number of ether oxygens (including phenoxy) is 1. The Labute approximate surface area is 213 Å². The van der Waals surface area contributed by atoms with Crippen molar-refractivity contribution in [2.24, 2.45) is 0 Å². The number of pyridine rings is 1. The summed E-state index contributed by atoms with van der Waals surface area (Å²) in [5.74, 6) is -0.877. The average Bonchev–Trinajstić information content (AvgIpc) is 2.89. The number of nitrogens with zero attached hydrogens (tertiary/aromatic N) is 1. The number of carboxylic acid groups (broad SMARTS) is 1. The highest BCUT2D eigenvalue weighted by atomic mass is 32.2. The van der Waals surface area contributed by atoms with Gasteiger partial charge in [-0.3, -0.25) is 14.5 Å². The lowest BCUT2D eigenvalue weighted by Gasteiger charge is -2.13. The fourth-order valence-electron chi connectivity index (χ4n) is 3.37. The molecule has 0 saturated carbocycles. The van der Waals surface area contributed by atoms with Gasteiger partial charge in [-0.25, -0.2) is 13.2 Å². The van der Waals surface area contributed by atoms with Crippen LogP contribution in [0.1, 0.15) is 31.8 Å². The summed E-state index contributed by atoms with van der Waals surface area (Å²) in [5.41, 5.74) is 1.90. The quantitative estimate of drug-likeness (QED) is 0.295. The van der Waals surface area contributed by atoms with Crippen LogP contribution in [0, 0.1) is 6.92 Å². The molecule has 10 heteroatoms. The Hall–Kier alpha value is -4.70. The monoisotopic (exact) mass is 517 g/mol. The number of carbonyl (C=O) groups is 2. The fourth-order valence-corrected chi connectivity index (χ4v) is 4.45. The first kappa shape index (κ1) is 25.4. The summed E-state index contributed by atoms with van der Waals surface area (Å²) >= 11 is 0. The maximum Gasteiger partial charge on any atom is 0.337 e. The molecule has 0 saturated heterocycles. The molecule has 1 amide bonds. The molecule has 0 spiro atoms. The molecule has 0 aliphatic rings. The number of hydrogen-bond acceptors (Lipinski definition) is 6. The summed E-state index contributed by atoms with van der Waals surface area (Å²) in [6.45, 7) is 2.14. The molecule has 0 unspecified atom stereocenters. The predicted molar refractivity (Wildman–Crippen MR) is 137 cm³/mol. The molecule has 1 heterocycles. The van der Waals surface area contributed by atoms with Gasteiger partial charge in [0.15, 0.2) is 0 Å². The van der Waals surface area contributed by atoms with Gasteiger partial charge in [0.1, 0.15) is 11.5 Å². The van der Waals surface area contributed by atoms with Crippen molar-refractivity contribution < 1.29 is 27.9 Å². The number of amides is 1. The number of aromatic carboxylic acids is 1. The molecule has 4 aromatic rings. The van der Waals surface area contributed by atoms with Gasteiger partial charge in [0.05, 0.1) is 16.1 Å². The Morgan fingerprint density at radius 1 is 0.892 bits per heavy atom. The first-order valence-electron chi connectivity index (χ1n) is 11.1. The summed E-state index contributed by atoms with van der Waals surface area (Å²) in [6, 6.07) is 20.4. The van der Waals surface area contributed by atoms with Crippen molar-refractivity contribution in [1.82, 2.24) is 10.3 Å². The fraction of sp³-hybridized carbons (Fsp3) is 0.0741. The van der Waals surface area contributed by atoms with Gasteiger partial charge in [0.25, 0.3) is 15.9 Å². The molecular formula is C27H23N3O6S. The normalized spacial score (nSPS) is 10.9. The smallest absolute Gasteiger partial charge is 0.337 e. The molecule has 0 fully saturated rings. The van der Waals surface area contributed by atoms with Crippen LogP contribution in [0.4, 0.5) is 5.69 Å². The van der Waals surface area contributed by atoms with E-state index < -0.39 is 16.0 Å². The summed E-state index contributed by atoms with van der Waals surface area (Å²) in [6.07, 6.45) is 3.09. The van der Waals surface area contributed by atoms with Crippen molar-refractivity contribution >= 4 is 27.6 Å². The number of hydrogen-bond donors (Lipinski definition) is 3. The third-order valence-electron chi connectivity index (χ3n) is 5.35. The SMILES string of the molecule is Cc1ccc(S(=O)(=O)Nc2ccc(Oc3ccc(CNC(=O)c4ccncc4)cc3)cc2C(=O)O)cc1. The largest absolute Gasteiger partial charge is 0.478 e. The van der Waals surface area contributed by atoms with Gasteiger partial charge in [-0.1, -0.05) is 29.8 Å². The number of rotatable bonds is 9. The van der Waals surface area contributed by atoms with Crippen molar-refractivity contribution in [1.29, 1.82) is 0 Å². The van der Waals surface area contributed by atoms with E-state index in [0.29, 0.717) is 17.9 Å². The van der Waals surface area contributed by atoms with E-state index in [1.54, 1.807) is 60.9 Å². The second-order valence-electron chi connectivity index (χ2n) is 8.10. The third-order valence-corrected chi connectivity index (χ3v) is 6.73. The Morgan fingerprint density at radius 2 is 1.54 bits per heavy atom. The van der Waals surface area contributed by atoms with Crippen LogP contribution in [-0.4, -0.2) is 30.4 Å². The second-order valence-corrected chi connectivity index (χ2v) is 9.78. The Balaban J connectivity index is 1.44. The molecule has 4 rings (SSSR count). The number of nitrogens with one attached hydrogen (secondary N) is 2. The van der Waals surface area contributed by atoms with Crippen LogP contribution < -0.4 is 14.8 Å². The van der Waals surface area contributed by atoms with Crippen LogP contribution >= 0.6 is 0 Å². The first-order chi connectivity index (χ1) is 17.7. The highest BCUT2D eigenvalue weighted by Crippen LogP contribution is 2.28. The van der Waals surface area contributed by atoms with Crippen molar-refractivity contribution in [2.75, 3.05) is 4.72 Å². The summed E-state index contributed by atoms with van der Waals surface area (Å²) in [5, 5.41) is 12.5. The lowest BCUT2D eigenvalue weighted by atomic mass is 10.1. The molecule has 0 radical (unpaired) electrons. The van der Waals surface area contributed by atoms with Gasteiger partial charge in [-0.05, 0) is 67.1 Å². The first-order valence-corrected chi connectivity index (χ1v) is 12.6. The molecule has 0 atom stereocenters. The van der Waals surface area contributed by atoms with Crippen LogP contribution in [0.25, 0.3) is 0 Å². The lowest BCUT2D eigenvalue weighted by molar-refractivity contribution is 0.0697. The zero-order valence-electron chi connectivity index (χ0n) is 19.7. The molecule has 0 aliphatic carbocycles. The third kappa shape index (κ3) is 6.50. The van der Waals surface area contributed by atoms with E-state index in [9.17, 15) is 23.1 Å². The van der Waals surface area contributed by atoms with E-state index in [2.05, 4.69) is 15.0 Å². The zero-order valence-corrected chi connectivity index (χ0v) is 20.5. The second kappa shape index (κ2) is 10.9. The van der Waals surface area contributed by atoms with Crippen molar-refractivity contribution in [2.45, 2.75) is 18.4 Å². The summed E-state index contributed by atoms with van der Waals surface area (Å²) < 4.78 is 33.5. The number of carboxylic acids is 1. The van der Waals surface area contributed by atoms with Crippen LogP contribution in [0.5, 0.6) is 11.5 Å². The van der Waals surface area contributed by atoms with Crippen molar-refractivity contribution in [3.8, 4) is 11.5 Å². The van der Waals surface area contributed by atoms with Gasteiger partial charge >= 0.3 is 5.97 Å². The number of aryl methyl sites for hydroxylation is 1. The minimum Gasteiger partial charge on any atom is -0.478 e. The minimum absolute atomic E-state index is 0.0202. The highest BCUT2D eigenvalue weighted by molar-refractivity contribution is 7.92. The predicted octanol–water partition coefficient (Wildman–Crippen LogP) is 4.61. The van der Waals surface area contributed by atoms with Gasteiger partial charge in [-0.15, -0.1) is 0 Å². The van der Waals surface area contributed by atoms with E-state index >= 15 is 0 Å². The molecule has 0 bridgehead atoms. The standard InChI is InChI=1S/C27H23N3O6S/c1-18-2-9-23(10-3-18)37(34,35)30-25-11-8-22(16-24(25)27(32)33)36-21-6-4-19(5-7-21)17-29-26(31)20-12-14-28-15-13-20/h2-16,30H,17H2,1H3,(H,29,31)(H,32,33). The average molecular weight is 518 g/mol. The van der Waals surface area contributed by atoms with Crippen molar-refractivity contribution in [3.63, 3.8) is 0 Å². The number of sulfonamides is 1. The number of benzene rings is 3. The van der Waals surface area contributed by atoms with Crippen molar-refractivity contribution in [3.05, 3.63) is 114 Å². The van der Waals surface area contributed by atoms with Crippen LogP contribution in [0.3, 0.4) is 0 Å². The molecular weight excluding hydrogens is 494 g/mol. The molecule has 37 heavy (non-hydrogen) atoms. The lowest BCUT2D eigenvalue weighted by Crippen LogP contribution is -2.22. The summed E-state index contributed by atoms with van der Waals surface area (Å²) in [4.78, 5) is 27.9. The molecule has 3 aromatic carbocycles. The highest BCUT2D eigenvalue weighted by Gasteiger charge is 2.19. The van der Waals surface area contributed by atoms with Gasteiger partial charge in [-0.2, -0.15) is 0 Å². The van der Waals surface area contributed by atoms with E-state index in [-0.39, 0.29) is 27.8 Å². The molecule has 9 nitrogen and oxygen atoms in total. The maximum absolute atomic E-state index is 12.7. The number of anilines is 1. The molecule has 0 aliphatic heterocycles. The zero-order chi connectivity index (χ0) is 26.4. The van der Waals surface area contributed by atoms with E-state index in [0.717, 1.165) is 11.1 Å². The minimum atomic E-state index is -3.98. The van der Waals surface area contributed by atoms with E-state index in [1.165, 1.54) is 30.3 Å². The molecule has 188 valence electrons. The topological polar surface area (TPSA) is 135 Å². The Bertz CT molecular complexity index is 1520. The van der Waals surface area contributed by atoms with Crippen LogP contribution in [0.2, 0.25) is 0 Å². The maximum atomic E-state index is 12.7. The summed E-state index contributed by atoms with van der Waals surface area (Å²) in [7, 11) is -3.98. The number of carbonyl (C=O) groups excluding carboxylic acids is 1.